The van der Waals surface area contributed by atoms with E-state index >= 15 is 0 Å². The van der Waals surface area contributed by atoms with Crippen molar-refractivity contribution in [3.8, 4) is 0 Å². The summed E-state index contributed by atoms with van der Waals surface area (Å²) in [5.74, 6) is 0.0934. The van der Waals surface area contributed by atoms with E-state index in [1.807, 2.05) is 17.0 Å². The van der Waals surface area contributed by atoms with Gasteiger partial charge in [0.1, 0.15) is 0 Å². The molecule has 2 fully saturated rings. The van der Waals surface area contributed by atoms with Crippen LogP contribution in [0.5, 0.6) is 0 Å². The van der Waals surface area contributed by atoms with Crippen LogP contribution in [0.4, 0.5) is 0 Å². The zero-order chi connectivity index (χ0) is 15.6. The maximum absolute atomic E-state index is 12.5. The zero-order valence-corrected chi connectivity index (χ0v) is 15.1. The molecule has 0 bridgehead atoms. The van der Waals surface area contributed by atoms with Crippen molar-refractivity contribution >= 4 is 29.9 Å². The topological polar surface area (TPSA) is 35.6 Å². The molecule has 2 saturated heterocycles. The minimum Gasteiger partial charge on any atom is -0.336 e. The molecule has 1 aromatic rings. The highest BCUT2D eigenvalue weighted by Gasteiger charge is 2.32. The van der Waals surface area contributed by atoms with E-state index in [2.05, 4.69) is 17.1 Å². The van der Waals surface area contributed by atoms with Gasteiger partial charge in [-0.15, -0.1) is 12.4 Å². The van der Waals surface area contributed by atoms with Crippen molar-refractivity contribution in [3.63, 3.8) is 0 Å². The van der Waals surface area contributed by atoms with E-state index in [1.165, 1.54) is 6.42 Å². The number of benzene rings is 1. The summed E-state index contributed by atoms with van der Waals surface area (Å²) in [7, 11) is 0. The van der Waals surface area contributed by atoms with Gasteiger partial charge >= 0.3 is 0 Å². The third-order valence-corrected chi connectivity index (χ3v) is 5.03. The standard InChI is InChI=1S/C17H24ClN3O.ClH/c1-17(5-6-19-12-17)13-20-7-9-21(10-8-20)16(22)14-3-2-4-15(18)11-14;/h2-4,11,19H,5-10,12-13H2,1H3;1H. The minimum atomic E-state index is 0. The lowest BCUT2D eigenvalue weighted by Gasteiger charge is -2.38. The van der Waals surface area contributed by atoms with Gasteiger partial charge in [-0.3, -0.25) is 9.69 Å². The lowest BCUT2D eigenvalue weighted by molar-refractivity contribution is 0.0581. The fourth-order valence-electron chi connectivity index (χ4n) is 3.46. The summed E-state index contributed by atoms with van der Waals surface area (Å²) in [6, 6.07) is 7.22. The number of amides is 1. The van der Waals surface area contributed by atoms with E-state index in [0.29, 0.717) is 16.0 Å². The van der Waals surface area contributed by atoms with Gasteiger partial charge in [0.2, 0.25) is 0 Å². The fourth-order valence-corrected chi connectivity index (χ4v) is 3.65. The SMILES string of the molecule is CC1(CN2CCN(C(=O)c3cccc(Cl)c3)CC2)CCNC1.Cl. The van der Waals surface area contributed by atoms with Crippen LogP contribution in [0.25, 0.3) is 0 Å². The summed E-state index contributed by atoms with van der Waals surface area (Å²) in [6.07, 6.45) is 1.24. The van der Waals surface area contributed by atoms with Gasteiger partial charge < -0.3 is 10.2 Å². The molecule has 1 atom stereocenters. The number of hydrogen-bond acceptors (Lipinski definition) is 3. The molecule has 2 heterocycles. The zero-order valence-electron chi connectivity index (χ0n) is 13.6. The first kappa shape index (κ1) is 18.5. The number of carbonyl (C=O) groups excluding carboxylic acids is 1. The molecule has 6 heteroatoms. The Hall–Kier alpha value is -0.810. The van der Waals surface area contributed by atoms with Crippen molar-refractivity contribution in [2.75, 3.05) is 45.8 Å². The van der Waals surface area contributed by atoms with Crippen molar-refractivity contribution in [1.29, 1.82) is 0 Å². The van der Waals surface area contributed by atoms with Crippen molar-refractivity contribution < 1.29 is 4.79 Å². The summed E-state index contributed by atoms with van der Waals surface area (Å²) in [6.45, 7) is 9.24. The van der Waals surface area contributed by atoms with Crippen LogP contribution in [0.3, 0.4) is 0 Å². The lowest BCUT2D eigenvalue weighted by Crippen LogP contribution is -2.51. The molecular formula is C17H25Cl2N3O. The molecule has 2 aliphatic heterocycles. The van der Waals surface area contributed by atoms with Gasteiger partial charge in [-0.05, 0) is 36.6 Å². The molecule has 1 unspecified atom stereocenters. The van der Waals surface area contributed by atoms with E-state index in [1.54, 1.807) is 12.1 Å². The predicted octanol–water partition coefficient (Wildman–Crippen LogP) is 2.52. The molecule has 1 N–H and O–H groups in total. The molecule has 0 spiro atoms. The lowest BCUT2D eigenvalue weighted by atomic mass is 9.89. The van der Waals surface area contributed by atoms with Crippen molar-refractivity contribution in [1.82, 2.24) is 15.1 Å². The predicted molar refractivity (Wildman–Crippen MR) is 96.6 cm³/mol. The molecule has 128 valence electrons. The van der Waals surface area contributed by atoms with E-state index in [4.69, 9.17) is 11.6 Å². The largest absolute Gasteiger partial charge is 0.336 e. The van der Waals surface area contributed by atoms with Gasteiger partial charge in [0.25, 0.3) is 5.91 Å². The Morgan fingerprint density at radius 2 is 2.04 bits per heavy atom. The number of halogens is 2. The van der Waals surface area contributed by atoms with Crippen LogP contribution in [0.2, 0.25) is 5.02 Å². The molecule has 23 heavy (non-hydrogen) atoms. The number of hydrogen-bond donors (Lipinski definition) is 1. The second kappa shape index (κ2) is 7.84. The quantitative estimate of drug-likeness (QED) is 0.902. The second-order valence-corrected chi connectivity index (χ2v) is 7.25. The van der Waals surface area contributed by atoms with Gasteiger partial charge in [-0.1, -0.05) is 24.6 Å². The number of carbonyl (C=O) groups is 1. The van der Waals surface area contributed by atoms with Crippen LogP contribution in [0.15, 0.2) is 24.3 Å². The van der Waals surface area contributed by atoms with Crippen LogP contribution in [0.1, 0.15) is 23.7 Å². The molecule has 1 amide bonds. The van der Waals surface area contributed by atoms with E-state index in [9.17, 15) is 4.79 Å². The minimum absolute atomic E-state index is 0. The monoisotopic (exact) mass is 357 g/mol. The van der Waals surface area contributed by atoms with Crippen LogP contribution in [0, 0.1) is 5.41 Å². The average molecular weight is 358 g/mol. The second-order valence-electron chi connectivity index (χ2n) is 6.82. The number of piperazine rings is 1. The molecule has 0 aliphatic carbocycles. The van der Waals surface area contributed by atoms with Gasteiger partial charge in [-0.25, -0.2) is 0 Å². The van der Waals surface area contributed by atoms with Crippen LogP contribution < -0.4 is 5.32 Å². The number of nitrogens with zero attached hydrogens (tertiary/aromatic N) is 2. The first-order chi connectivity index (χ1) is 10.6. The van der Waals surface area contributed by atoms with Crippen molar-refractivity contribution in [2.45, 2.75) is 13.3 Å². The Bertz CT molecular complexity index is 538. The number of rotatable bonds is 3. The maximum atomic E-state index is 12.5. The van der Waals surface area contributed by atoms with Crippen molar-refractivity contribution in [3.05, 3.63) is 34.9 Å². The highest BCUT2D eigenvalue weighted by Crippen LogP contribution is 2.26. The van der Waals surface area contributed by atoms with Gasteiger partial charge in [0, 0.05) is 49.9 Å². The molecule has 1 aromatic carbocycles. The molecular weight excluding hydrogens is 333 g/mol. The summed E-state index contributed by atoms with van der Waals surface area (Å²) in [5.41, 5.74) is 1.08. The molecule has 0 aromatic heterocycles. The first-order valence-electron chi connectivity index (χ1n) is 8.04. The van der Waals surface area contributed by atoms with Gasteiger partial charge in [0.15, 0.2) is 0 Å². The average Bonchev–Trinajstić information content (AvgIpc) is 2.93. The summed E-state index contributed by atoms with van der Waals surface area (Å²) < 4.78 is 0. The third kappa shape index (κ3) is 4.60. The molecule has 0 radical (unpaired) electrons. The highest BCUT2D eigenvalue weighted by molar-refractivity contribution is 6.30. The Balaban J connectivity index is 0.00000192. The fraction of sp³-hybridized carbons (Fsp3) is 0.588. The van der Waals surface area contributed by atoms with Crippen molar-refractivity contribution in [2.24, 2.45) is 5.41 Å². The summed E-state index contributed by atoms with van der Waals surface area (Å²) >= 11 is 5.98. The van der Waals surface area contributed by atoms with E-state index in [0.717, 1.165) is 45.8 Å². The van der Waals surface area contributed by atoms with Crippen LogP contribution in [-0.2, 0) is 0 Å². The van der Waals surface area contributed by atoms with Gasteiger partial charge in [-0.2, -0.15) is 0 Å². The Labute approximate surface area is 149 Å². The molecule has 3 rings (SSSR count). The van der Waals surface area contributed by atoms with E-state index < -0.39 is 0 Å². The van der Waals surface area contributed by atoms with Crippen LogP contribution in [-0.4, -0.2) is 61.5 Å². The third-order valence-electron chi connectivity index (χ3n) is 4.79. The normalized spacial score (nSPS) is 25.2. The summed E-state index contributed by atoms with van der Waals surface area (Å²) in [5, 5.41) is 4.07. The van der Waals surface area contributed by atoms with E-state index in [-0.39, 0.29) is 18.3 Å². The first-order valence-corrected chi connectivity index (χ1v) is 8.41. The highest BCUT2D eigenvalue weighted by atomic mass is 35.5. The van der Waals surface area contributed by atoms with Gasteiger partial charge in [0.05, 0.1) is 0 Å². The summed E-state index contributed by atoms with van der Waals surface area (Å²) in [4.78, 5) is 16.9. The Morgan fingerprint density at radius 3 is 2.65 bits per heavy atom. The molecule has 0 saturated carbocycles. The Morgan fingerprint density at radius 1 is 1.30 bits per heavy atom. The molecule has 4 nitrogen and oxygen atoms in total. The molecule has 2 aliphatic rings. The number of nitrogens with one attached hydrogen (secondary N) is 1. The smallest absolute Gasteiger partial charge is 0.253 e. The Kier molecular flexibility index (Phi) is 6.32. The van der Waals surface area contributed by atoms with Crippen LogP contribution >= 0.6 is 24.0 Å². The maximum Gasteiger partial charge on any atom is 0.253 e.